The first kappa shape index (κ1) is 21.8. The molecule has 0 spiro atoms. The molecule has 0 radical (unpaired) electrons. The van der Waals surface area contributed by atoms with Gasteiger partial charge in [-0.05, 0) is 77.8 Å². The molecular formula is C22H22BrClN4O3. The SMILES string of the molecule is COc1ccc(-c2noc(CN3CCCC(C(=O)Nc4ccc(Br)c(Cl)c4)C3)n2)cc1. The van der Waals surface area contributed by atoms with Gasteiger partial charge in [0, 0.05) is 22.3 Å². The zero-order chi connectivity index (χ0) is 21.8. The second-order valence-electron chi connectivity index (χ2n) is 7.43. The van der Waals surface area contributed by atoms with E-state index in [0.717, 1.165) is 35.2 Å². The van der Waals surface area contributed by atoms with Crippen LogP contribution in [0.4, 0.5) is 5.69 Å². The number of nitrogens with one attached hydrogen (secondary N) is 1. The van der Waals surface area contributed by atoms with Gasteiger partial charge < -0.3 is 14.6 Å². The average Bonchev–Trinajstić information content (AvgIpc) is 3.25. The molecule has 162 valence electrons. The molecule has 1 unspecified atom stereocenters. The van der Waals surface area contributed by atoms with Crippen LogP contribution in [0.15, 0.2) is 51.5 Å². The summed E-state index contributed by atoms with van der Waals surface area (Å²) in [5, 5.41) is 7.61. The van der Waals surface area contributed by atoms with Crippen LogP contribution in [-0.2, 0) is 11.3 Å². The fraction of sp³-hybridized carbons (Fsp3) is 0.318. The minimum atomic E-state index is -0.111. The lowest BCUT2D eigenvalue weighted by atomic mass is 9.97. The van der Waals surface area contributed by atoms with Crippen LogP contribution in [0.1, 0.15) is 18.7 Å². The number of methoxy groups -OCH3 is 1. The number of likely N-dealkylation sites (tertiary alicyclic amines) is 1. The van der Waals surface area contributed by atoms with E-state index in [2.05, 4.69) is 36.3 Å². The molecule has 31 heavy (non-hydrogen) atoms. The number of hydrogen-bond acceptors (Lipinski definition) is 6. The number of carbonyl (C=O) groups excluding carboxylic acids is 1. The van der Waals surface area contributed by atoms with Crippen LogP contribution in [0, 0.1) is 5.92 Å². The van der Waals surface area contributed by atoms with E-state index in [1.807, 2.05) is 36.4 Å². The molecule has 2 heterocycles. The zero-order valence-electron chi connectivity index (χ0n) is 17.0. The van der Waals surface area contributed by atoms with Gasteiger partial charge in [-0.3, -0.25) is 9.69 Å². The second kappa shape index (κ2) is 9.80. The third-order valence-electron chi connectivity index (χ3n) is 5.24. The predicted molar refractivity (Wildman–Crippen MR) is 122 cm³/mol. The molecule has 1 amide bonds. The largest absolute Gasteiger partial charge is 0.497 e. The summed E-state index contributed by atoms with van der Waals surface area (Å²) >= 11 is 9.48. The molecule has 9 heteroatoms. The van der Waals surface area contributed by atoms with E-state index >= 15 is 0 Å². The van der Waals surface area contributed by atoms with E-state index in [0.29, 0.717) is 35.5 Å². The molecular weight excluding hydrogens is 484 g/mol. The number of aromatic nitrogens is 2. The predicted octanol–water partition coefficient (Wildman–Crippen LogP) is 5.01. The van der Waals surface area contributed by atoms with E-state index < -0.39 is 0 Å². The number of amides is 1. The lowest BCUT2D eigenvalue weighted by Gasteiger charge is -2.30. The second-order valence-corrected chi connectivity index (χ2v) is 8.69. The van der Waals surface area contributed by atoms with Crippen LogP contribution < -0.4 is 10.1 Å². The Balaban J connectivity index is 1.36. The van der Waals surface area contributed by atoms with E-state index in [9.17, 15) is 4.79 Å². The van der Waals surface area contributed by atoms with Gasteiger partial charge in [0.15, 0.2) is 0 Å². The number of piperidine rings is 1. The van der Waals surface area contributed by atoms with Gasteiger partial charge in [-0.2, -0.15) is 4.98 Å². The fourth-order valence-corrected chi connectivity index (χ4v) is 4.03. The molecule has 0 bridgehead atoms. The fourth-order valence-electron chi connectivity index (χ4n) is 3.60. The Kier molecular flexibility index (Phi) is 6.89. The first-order chi connectivity index (χ1) is 15.0. The van der Waals surface area contributed by atoms with Crippen molar-refractivity contribution in [2.24, 2.45) is 5.92 Å². The Morgan fingerprint density at radius 2 is 2.13 bits per heavy atom. The van der Waals surface area contributed by atoms with Gasteiger partial charge in [0.2, 0.25) is 17.6 Å². The summed E-state index contributed by atoms with van der Waals surface area (Å²) in [6, 6.07) is 12.9. The Morgan fingerprint density at radius 1 is 1.32 bits per heavy atom. The van der Waals surface area contributed by atoms with Crippen molar-refractivity contribution in [2.75, 3.05) is 25.5 Å². The van der Waals surface area contributed by atoms with E-state index in [-0.39, 0.29) is 11.8 Å². The third kappa shape index (κ3) is 5.44. The van der Waals surface area contributed by atoms with Crippen molar-refractivity contribution in [3.8, 4) is 17.1 Å². The molecule has 1 atom stereocenters. The van der Waals surface area contributed by atoms with Crippen molar-refractivity contribution in [3.63, 3.8) is 0 Å². The topological polar surface area (TPSA) is 80.5 Å². The number of nitrogens with zero attached hydrogens (tertiary/aromatic N) is 3. The van der Waals surface area contributed by atoms with E-state index in [1.165, 1.54) is 0 Å². The average molecular weight is 506 g/mol. The number of carbonyl (C=O) groups is 1. The minimum Gasteiger partial charge on any atom is -0.497 e. The number of halogens is 2. The third-order valence-corrected chi connectivity index (χ3v) is 6.47. The lowest BCUT2D eigenvalue weighted by molar-refractivity contribution is -0.121. The highest BCUT2D eigenvalue weighted by molar-refractivity contribution is 9.10. The number of ether oxygens (including phenoxy) is 1. The zero-order valence-corrected chi connectivity index (χ0v) is 19.3. The minimum absolute atomic E-state index is 0.00691. The van der Waals surface area contributed by atoms with Crippen LogP contribution >= 0.6 is 27.5 Å². The number of hydrogen-bond donors (Lipinski definition) is 1. The maximum atomic E-state index is 12.7. The van der Waals surface area contributed by atoms with Crippen LogP contribution in [-0.4, -0.2) is 41.1 Å². The highest BCUT2D eigenvalue weighted by atomic mass is 79.9. The Bertz CT molecular complexity index is 1060. The summed E-state index contributed by atoms with van der Waals surface area (Å²) in [5.74, 6) is 1.73. The number of rotatable bonds is 6. The normalized spacial score (nSPS) is 16.8. The highest BCUT2D eigenvalue weighted by Crippen LogP contribution is 2.27. The Labute approximate surface area is 193 Å². The van der Waals surface area contributed by atoms with Gasteiger partial charge in [0.1, 0.15) is 5.75 Å². The first-order valence-corrected chi connectivity index (χ1v) is 11.1. The standard InChI is InChI=1S/C22H22BrClN4O3/c1-30-17-7-4-14(5-8-17)21-26-20(31-27-21)13-28-10-2-3-15(12-28)22(29)25-16-6-9-18(23)19(24)11-16/h4-9,11,15H,2-3,10,12-13H2,1H3,(H,25,29). The molecule has 2 aromatic carbocycles. The molecule has 1 saturated heterocycles. The Morgan fingerprint density at radius 3 is 2.87 bits per heavy atom. The highest BCUT2D eigenvalue weighted by Gasteiger charge is 2.27. The number of anilines is 1. The van der Waals surface area contributed by atoms with Gasteiger partial charge in [-0.1, -0.05) is 16.8 Å². The summed E-state index contributed by atoms with van der Waals surface area (Å²) in [6.07, 6.45) is 1.77. The van der Waals surface area contributed by atoms with Gasteiger partial charge in [0.25, 0.3) is 0 Å². The molecule has 0 aliphatic carbocycles. The molecule has 1 aliphatic rings. The molecule has 4 rings (SSSR count). The van der Waals surface area contributed by atoms with Gasteiger partial charge >= 0.3 is 0 Å². The van der Waals surface area contributed by atoms with Crippen LogP contribution in [0.2, 0.25) is 5.02 Å². The van der Waals surface area contributed by atoms with Gasteiger partial charge in [0.05, 0.1) is 24.6 Å². The van der Waals surface area contributed by atoms with Gasteiger partial charge in [-0.15, -0.1) is 0 Å². The molecule has 7 nitrogen and oxygen atoms in total. The summed E-state index contributed by atoms with van der Waals surface area (Å²) in [4.78, 5) is 19.4. The summed E-state index contributed by atoms with van der Waals surface area (Å²) < 4.78 is 11.4. The molecule has 1 aromatic heterocycles. The van der Waals surface area contributed by atoms with Crippen molar-refractivity contribution in [1.82, 2.24) is 15.0 Å². The van der Waals surface area contributed by atoms with Crippen molar-refractivity contribution in [2.45, 2.75) is 19.4 Å². The smallest absolute Gasteiger partial charge is 0.241 e. The molecule has 0 saturated carbocycles. The monoisotopic (exact) mass is 504 g/mol. The first-order valence-electron chi connectivity index (χ1n) is 9.97. The van der Waals surface area contributed by atoms with E-state index in [4.69, 9.17) is 20.9 Å². The van der Waals surface area contributed by atoms with Crippen molar-refractivity contribution in [1.29, 1.82) is 0 Å². The molecule has 3 aromatic rings. The molecule has 1 N–H and O–H groups in total. The maximum Gasteiger partial charge on any atom is 0.241 e. The van der Waals surface area contributed by atoms with Crippen molar-refractivity contribution in [3.05, 3.63) is 57.9 Å². The Hall–Kier alpha value is -2.42. The van der Waals surface area contributed by atoms with Crippen LogP contribution in [0.25, 0.3) is 11.4 Å². The van der Waals surface area contributed by atoms with Crippen LogP contribution in [0.3, 0.4) is 0 Å². The maximum absolute atomic E-state index is 12.7. The van der Waals surface area contributed by atoms with Crippen LogP contribution in [0.5, 0.6) is 5.75 Å². The molecule has 1 fully saturated rings. The number of benzene rings is 2. The van der Waals surface area contributed by atoms with Gasteiger partial charge in [-0.25, -0.2) is 0 Å². The quantitative estimate of drug-likeness (QED) is 0.507. The summed E-state index contributed by atoms with van der Waals surface area (Å²) in [5.41, 5.74) is 1.55. The summed E-state index contributed by atoms with van der Waals surface area (Å²) in [6.45, 7) is 2.03. The lowest BCUT2D eigenvalue weighted by Crippen LogP contribution is -2.40. The van der Waals surface area contributed by atoms with Crippen molar-refractivity contribution >= 4 is 39.1 Å². The summed E-state index contributed by atoms with van der Waals surface area (Å²) in [7, 11) is 1.63. The molecule has 1 aliphatic heterocycles. The van der Waals surface area contributed by atoms with Crippen molar-refractivity contribution < 1.29 is 14.1 Å². The van der Waals surface area contributed by atoms with E-state index in [1.54, 1.807) is 13.2 Å².